The molecule has 0 bridgehead atoms. The standard InChI is InChI=1S/C15H16ClNO4/c16-12-4-2-1-3-9(12)13-8-17(5-6-21-13)14(18)10-7-11(10)15(19)20/h1-4,10-11,13H,5-8H2,(H,19,20)/t10-,11+,13+/m0/s1. The van der Waals surface area contributed by atoms with Crippen molar-refractivity contribution in [1.82, 2.24) is 4.90 Å². The van der Waals surface area contributed by atoms with Crippen molar-refractivity contribution in [2.45, 2.75) is 12.5 Å². The predicted octanol–water partition coefficient (Wildman–Crippen LogP) is 1.96. The second-order valence-corrected chi connectivity index (χ2v) is 5.86. The van der Waals surface area contributed by atoms with Crippen molar-refractivity contribution < 1.29 is 19.4 Å². The molecular weight excluding hydrogens is 294 g/mol. The van der Waals surface area contributed by atoms with Gasteiger partial charge in [0.2, 0.25) is 5.91 Å². The smallest absolute Gasteiger partial charge is 0.307 e. The minimum Gasteiger partial charge on any atom is -0.481 e. The van der Waals surface area contributed by atoms with Gasteiger partial charge in [-0.05, 0) is 12.5 Å². The highest BCUT2D eigenvalue weighted by Crippen LogP contribution is 2.41. The SMILES string of the molecule is O=C(O)[C@@H]1C[C@@H]1C(=O)N1CCO[C@@H](c2ccccc2Cl)C1. The van der Waals surface area contributed by atoms with Gasteiger partial charge in [-0.2, -0.15) is 0 Å². The van der Waals surface area contributed by atoms with E-state index in [2.05, 4.69) is 0 Å². The van der Waals surface area contributed by atoms with Gasteiger partial charge >= 0.3 is 5.97 Å². The van der Waals surface area contributed by atoms with Gasteiger partial charge in [0, 0.05) is 17.1 Å². The zero-order valence-electron chi connectivity index (χ0n) is 11.4. The second-order valence-electron chi connectivity index (χ2n) is 5.45. The fourth-order valence-corrected chi connectivity index (χ4v) is 3.01. The van der Waals surface area contributed by atoms with Gasteiger partial charge in [-0.3, -0.25) is 9.59 Å². The first-order chi connectivity index (χ1) is 10.1. The van der Waals surface area contributed by atoms with E-state index >= 15 is 0 Å². The number of halogens is 1. The number of hydrogen-bond acceptors (Lipinski definition) is 3. The number of nitrogens with zero attached hydrogens (tertiary/aromatic N) is 1. The Balaban J connectivity index is 1.68. The van der Waals surface area contributed by atoms with Crippen LogP contribution in [-0.2, 0) is 14.3 Å². The van der Waals surface area contributed by atoms with Crippen LogP contribution < -0.4 is 0 Å². The largest absolute Gasteiger partial charge is 0.481 e. The molecule has 3 atom stereocenters. The summed E-state index contributed by atoms with van der Waals surface area (Å²) in [6, 6.07) is 7.41. The average molecular weight is 310 g/mol. The summed E-state index contributed by atoms with van der Waals surface area (Å²) >= 11 is 6.16. The van der Waals surface area contributed by atoms with Crippen molar-refractivity contribution in [1.29, 1.82) is 0 Å². The van der Waals surface area contributed by atoms with Crippen molar-refractivity contribution >= 4 is 23.5 Å². The lowest BCUT2D eigenvalue weighted by Gasteiger charge is -2.33. The molecule has 1 heterocycles. The quantitative estimate of drug-likeness (QED) is 0.927. The van der Waals surface area contributed by atoms with Gasteiger partial charge in [-0.15, -0.1) is 0 Å². The van der Waals surface area contributed by atoms with Crippen molar-refractivity contribution in [3.05, 3.63) is 34.9 Å². The van der Waals surface area contributed by atoms with Gasteiger partial charge in [0.15, 0.2) is 0 Å². The lowest BCUT2D eigenvalue weighted by atomic mass is 10.1. The molecule has 1 amide bonds. The molecule has 0 spiro atoms. The molecule has 1 aliphatic carbocycles. The van der Waals surface area contributed by atoms with Gasteiger partial charge in [0.1, 0.15) is 6.10 Å². The van der Waals surface area contributed by atoms with Crippen molar-refractivity contribution in [3.63, 3.8) is 0 Å². The molecule has 0 aromatic heterocycles. The molecule has 2 aliphatic rings. The Morgan fingerprint density at radius 2 is 2.05 bits per heavy atom. The van der Waals surface area contributed by atoms with E-state index in [4.69, 9.17) is 21.4 Å². The second kappa shape index (κ2) is 5.66. The molecule has 112 valence electrons. The summed E-state index contributed by atoms with van der Waals surface area (Å²) in [4.78, 5) is 24.9. The van der Waals surface area contributed by atoms with Crippen LogP contribution in [0.2, 0.25) is 5.02 Å². The maximum Gasteiger partial charge on any atom is 0.307 e. The lowest BCUT2D eigenvalue weighted by molar-refractivity contribution is -0.145. The van der Waals surface area contributed by atoms with E-state index < -0.39 is 11.9 Å². The summed E-state index contributed by atoms with van der Waals surface area (Å²) < 4.78 is 5.71. The Bertz CT molecular complexity index is 577. The summed E-state index contributed by atoms with van der Waals surface area (Å²) in [6.07, 6.45) is 0.195. The monoisotopic (exact) mass is 309 g/mol. The normalized spacial score (nSPS) is 28.2. The third-order valence-corrected chi connectivity index (χ3v) is 4.40. The number of carbonyl (C=O) groups is 2. The van der Waals surface area contributed by atoms with Crippen LogP contribution in [0, 0.1) is 11.8 Å². The maximum absolute atomic E-state index is 12.3. The van der Waals surface area contributed by atoms with Crippen LogP contribution in [0.3, 0.4) is 0 Å². The molecular formula is C15H16ClNO4. The number of carboxylic acid groups (broad SMARTS) is 1. The predicted molar refractivity (Wildman–Crippen MR) is 76.0 cm³/mol. The van der Waals surface area contributed by atoms with Crippen LogP contribution in [0.4, 0.5) is 0 Å². The zero-order chi connectivity index (χ0) is 15.0. The van der Waals surface area contributed by atoms with Gasteiger partial charge in [0.05, 0.1) is 25.0 Å². The van der Waals surface area contributed by atoms with Crippen LogP contribution in [0.25, 0.3) is 0 Å². The topological polar surface area (TPSA) is 66.8 Å². The van der Waals surface area contributed by atoms with Crippen molar-refractivity contribution in [2.75, 3.05) is 19.7 Å². The van der Waals surface area contributed by atoms with Crippen LogP contribution in [0.1, 0.15) is 18.1 Å². The zero-order valence-corrected chi connectivity index (χ0v) is 12.1. The average Bonchev–Trinajstić information content (AvgIpc) is 3.28. The molecule has 0 unspecified atom stereocenters. The van der Waals surface area contributed by atoms with E-state index in [1.807, 2.05) is 18.2 Å². The molecule has 5 nitrogen and oxygen atoms in total. The molecule has 1 N–H and O–H groups in total. The first-order valence-electron chi connectivity index (χ1n) is 6.95. The van der Waals surface area contributed by atoms with Gasteiger partial charge < -0.3 is 14.7 Å². The molecule has 1 aliphatic heterocycles. The number of carbonyl (C=O) groups excluding carboxylic acids is 1. The van der Waals surface area contributed by atoms with E-state index in [0.29, 0.717) is 31.1 Å². The van der Waals surface area contributed by atoms with E-state index in [9.17, 15) is 9.59 Å². The number of ether oxygens (including phenoxy) is 1. The van der Waals surface area contributed by atoms with E-state index in [1.54, 1.807) is 11.0 Å². The van der Waals surface area contributed by atoms with Gasteiger partial charge in [-0.25, -0.2) is 0 Å². The summed E-state index contributed by atoms with van der Waals surface area (Å²) in [5.74, 6) is -1.85. The molecule has 1 saturated carbocycles. The number of aliphatic carboxylic acids is 1. The molecule has 0 radical (unpaired) electrons. The van der Waals surface area contributed by atoms with Crippen LogP contribution in [-0.4, -0.2) is 41.6 Å². The molecule has 1 saturated heterocycles. The lowest BCUT2D eigenvalue weighted by Crippen LogP contribution is -2.43. The number of amides is 1. The molecule has 3 rings (SSSR count). The highest BCUT2D eigenvalue weighted by atomic mass is 35.5. The molecule has 21 heavy (non-hydrogen) atoms. The molecule has 1 aromatic rings. The molecule has 2 fully saturated rings. The Hall–Kier alpha value is -1.59. The van der Waals surface area contributed by atoms with Gasteiger partial charge in [0.25, 0.3) is 0 Å². The number of morpholine rings is 1. The number of benzene rings is 1. The number of hydrogen-bond donors (Lipinski definition) is 1. The fraction of sp³-hybridized carbons (Fsp3) is 0.467. The summed E-state index contributed by atoms with van der Waals surface area (Å²) in [5.41, 5.74) is 0.863. The summed E-state index contributed by atoms with van der Waals surface area (Å²) in [5, 5.41) is 9.54. The van der Waals surface area contributed by atoms with E-state index in [0.717, 1.165) is 5.56 Å². The first kappa shape index (κ1) is 14.4. The maximum atomic E-state index is 12.3. The first-order valence-corrected chi connectivity index (χ1v) is 7.33. The van der Waals surface area contributed by atoms with E-state index in [1.165, 1.54) is 0 Å². The Kier molecular flexibility index (Phi) is 3.87. The van der Waals surface area contributed by atoms with Crippen LogP contribution in [0.5, 0.6) is 0 Å². The molecule has 1 aromatic carbocycles. The summed E-state index contributed by atoms with van der Waals surface area (Å²) in [7, 11) is 0. The minimum absolute atomic E-state index is 0.0808. The Morgan fingerprint density at radius 3 is 2.71 bits per heavy atom. The minimum atomic E-state index is -0.885. The third-order valence-electron chi connectivity index (χ3n) is 4.06. The Labute approximate surface area is 127 Å². The third kappa shape index (κ3) is 2.89. The summed E-state index contributed by atoms with van der Waals surface area (Å²) in [6.45, 7) is 1.36. The van der Waals surface area contributed by atoms with Crippen LogP contribution in [0.15, 0.2) is 24.3 Å². The van der Waals surface area contributed by atoms with E-state index in [-0.39, 0.29) is 17.9 Å². The van der Waals surface area contributed by atoms with Crippen LogP contribution >= 0.6 is 11.6 Å². The van der Waals surface area contributed by atoms with Gasteiger partial charge in [-0.1, -0.05) is 29.8 Å². The number of rotatable bonds is 3. The molecule has 6 heteroatoms. The highest BCUT2D eigenvalue weighted by Gasteiger charge is 2.50. The fourth-order valence-electron chi connectivity index (χ4n) is 2.75. The van der Waals surface area contributed by atoms with Crippen molar-refractivity contribution in [2.24, 2.45) is 11.8 Å². The Morgan fingerprint density at radius 1 is 1.29 bits per heavy atom. The van der Waals surface area contributed by atoms with Crippen molar-refractivity contribution in [3.8, 4) is 0 Å². The number of carboxylic acids is 1. The highest BCUT2D eigenvalue weighted by molar-refractivity contribution is 6.31.